The normalized spacial score (nSPS) is 10.1. The van der Waals surface area contributed by atoms with E-state index in [-0.39, 0.29) is 18.4 Å². The van der Waals surface area contributed by atoms with E-state index in [4.69, 9.17) is 0 Å². The molecule has 22 heavy (non-hydrogen) atoms. The number of halogens is 1. The summed E-state index contributed by atoms with van der Waals surface area (Å²) in [7, 11) is 0. The summed E-state index contributed by atoms with van der Waals surface area (Å²) in [6, 6.07) is 14.8. The van der Waals surface area contributed by atoms with Crippen molar-refractivity contribution >= 4 is 39.1 Å². The molecule has 0 aliphatic rings. The fourth-order valence-electron chi connectivity index (χ4n) is 1.99. The van der Waals surface area contributed by atoms with E-state index < -0.39 is 0 Å². The summed E-state index contributed by atoms with van der Waals surface area (Å²) in [4.78, 5) is 25.4. The number of nitrogens with zero attached hydrogens (tertiary/aromatic N) is 1. The Morgan fingerprint density at radius 2 is 1.64 bits per heavy atom. The molecule has 0 radical (unpaired) electrons. The van der Waals surface area contributed by atoms with E-state index in [9.17, 15) is 9.59 Å². The van der Waals surface area contributed by atoms with Gasteiger partial charge in [-0.2, -0.15) is 0 Å². The first-order valence-electron chi connectivity index (χ1n) is 6.86. The minimum absolute atomic E-state index is 0.0194. The van der Waals surface area contributed by atoms with Crippen molar-refractivity contribution in [2.75, 3.05) is 16.8 Å². The Morgan fingerprint density at radius 3 is 2.18 bits per heavy atom. The van der Waals surface area contributed by atoms with Gasteiger partial charge in [0, 0.05) is 22.8 Å². The van der Waals surface area contributed by atoms with E-state index in [2.05, 4.69) is 21.2 Å². The maximum absolute atomic E-state index is 12.1. The molecule has 0 saturated heterocycles. The van der Waals surface area contributed by atoms with E-state index in [1.807, 2.05) is 43.3 Å². The molecule has 2 amide bonds. The third-order valence-electron chi connectivity index (χ3n) is 3.16. The van der Waals surface area contributed by atoms with E-state index in [0.717, 1.165) is 10.0 Å². The number of hydrogen-bond donors (Lipinski definition) is 1. The predicted octanol–water partition coefficient (Wildman–Crippen LogP) is 3.75. The molecule has 0 unspecified atom stereocenters. The smallest absolute Gasteiger partial charge is 0.244 e. The van der Waals surface area contributed by atoms with Crippen LogP contribution in [0.3, 0.4) is 0 Å². The highest BCUT2D eigenvalue weighted by Gasteiger charge is 2.15. The van der Waals surface area contributed by atoms with Crippen LogP contribution in [0, 0.1) is 6.92 Å². The zero-order valence-corrected chi connectivity index (χ0v) is 14.1. The van der Waals surface area contributed by atoms with Gasteiger partial charge in [-0.1, -0.05) is 33.6 Å². The number of carbonyl (C=O) groups is 2. The monoisotopic (exact) mass is 360 g/mol. The topological polar surface area (TPSA) is 49.4 Å². The number of carbonyl (C=O) groups excluding carboxylic acids is 2. The zero-order chi connectivity index (χ0) is 16.1. The molecule has 4 nitrogen and oxygen atoms in total. The summed E-state index contributed by atoms with van der Waals surface area (Å²) >= 11 is 3.34. The van der Waals surface area contributed by atoms with Gasteiger partial charge in [-0.15, -0.1) is 0 Å². The van der Waals surface area contributed by atoms with E-state index >= 15 is 0 Å². The Morgan fingerprint density at radius 1 is 1.05 bits per heavy atom. The van der Waals surface area contributed by atoms with Crippen LogP contribution in [-0.2, 0) is 9.59 Å². The molecular formula is C17H17BrN2O2. The molecule has 0 spiro atoms. The molecule has 2 aromatic carbocycles. The Kier molecular flexibility index (Phi) is 5.33. The van der Waals surface area contributed by atoms with Gasteiger partial charge in [0.2, 0.25) is 11.8 Å². The van der Waals surface area contributed by atoms with Crippen LogP contribution in [0.5, 0.6) is 0 Å². The maximum Gasteiger partial charge on any atom is 0.244 e. The fourth-order valence-corrected chi connectivity index (χ4v) is 2.25. The molecule has 5 heteroatoms. The zero-order valence-electron chi connectivity index (χ0n) is 12.5. The summed E-state index contributed by atoms with van der Waals surface area (Å²) in [5, 5.41) is 2.78. The van der Waals surface area contributed by atoms with Gasteiger partial charge in [0.05, 0.1) is 0 Å². The number of anilines is 2. The maximum atomic E-state index is 12.1. The molecule has 114 valence electrons. The largest absolute Gasteiger partial charge is 0.325 e. The lowest BCUT2D eigenvalue weighted by Gasteiger charge is -2.21. The second kappa shape index (κ2) is 7.22. The minimum Gasteiger partial charge on any atom is -0.325 e. The van der Waals surface area contributed by atoms with Crippen LogP contribution in [0.2, 0.25) is 0 Å². The van der Waals surface area contributed by atoms with Gasteiger partial charge in [-0.25, -0.2) is 0 Å². The lowest BCUT2D eigenvalue weighted by Crippen LogP contribution is -2.36. The number of rotatable bonds is 4. The van der Waals surface area contributed by atoms with Crippen LogP contribution < -0.4 is 10.2 Å². The van der Waals surface area contributed by atoms with E-state index in [1.165, 1.54) is 11.8 Å². The Hall–Kier alpha value is -2.14. The second-order valence-electron chi connectivity index (χ2n) is 5.00. The summed E-state index contributed by atoms with van der Waals surface area (Å²) in [5.74, 6) is -0.409. The van der Waals surface area contributed by atoms with Crippen molar-refractivity contribution < 1.29 is 9.59 Å². The SMILES string of the molecule is CC(=O)N(CC(=O)Nc1ccc(Br)cc1)c1ccc(C)cc1. The van der Waals surface area contributed by atoms with Crippen LogP contribution in [0.25, 0.3) is 0 Å². The number of nitrogens with one attached hydrogen (secondary N) is 1. The first-order valence-corrected chi connectivity index (χ1v) is 7.65. The van der Waals surface area contributed by atoms with E-state index in [0.29, 0.717) is 11.4 Å². The molecule has 1 N–H and O–H groups in total. The molecule has 0 heterocycles. The molecule has 0 aliphatic carbocycles. The molecular weight excluding hydrogens is 344 g/mol. The number of aryl methyl sites for hydroxylation is 1. The van der Waals surface area contributed by atoms with Crippen molar-refractivity contribution in [3.63, 3.8) is 0 Å². The molecule has 2 rings (SSSR count). The molecule has 0 aromatic heterocycles. The van der Waals surface area contributed by atoms with Crippen molar-refractivity contribution in [3.05, 3.63) is 58.6 Å². The van der Waals surface area contributed by atoms with Gasteiger partial charge >= 0.3 is 0 Å². The molecule has 0 aliphatic heterocycles. The Bertz CT molecular complexity index is 666. The van der Waals surface area contributed by atoms with Gasteiger partial charge in [-0.05, 0) is 43.3 Å². The average Bonchev–Trinajstić information content (AvgIpc) is 2.48. The molecule has 0 atom stereocenters. The van der Waals surface area contributed by atoms with Crippen molar-refractivity contribution in [2.24, 2.45) is 0 Å². The second-order valence-corrected chi connectivity index (χ2v) is 5.91. The standard InChI is InChI=1S/C17H17BrN2O2/c1-12-3-9-16(10-4-12)20(13(2)21)11-17(22)19-15-7-5-14(18)6-8-15/h3-10H,11H2,1-2H3,(H,19,22). The highest BCUT2D eigenvalue weighted by atomic mass is 79.9. The van der Waals surface area contributed by atoms with Gasteiger partial charge < -0.3 is 10.2 Å². The number of benzene rings is 2. The minimum atomic E-state index is -0.238. The summed E-state index contributed by atoms with van der Waals surface area (Å²) < 4.78 is 0.940. The highest BCUT2D eigenvalue weighted by Crippen LogP contribution is 2.17. The Balaban J connectivity index is 2.07. The van der Waals surface area contributed by atoms with Gasteiger partial charge in [0.1, 0.15) is 6.54 Å². The Labute approximate surface area is 138 Å². The van der Waals surface area contributed by atoms with Crippen LogP contribution >= 0.6 is 15.9 Å². The molecule has 2 aromatic rings. The van der Waals surface area contributed by atoms with Crippen LogP contribution in [0.4, 0.5) is 11.4 Å². The molecule has 0 bridgehead atoms. The molecule has 0 fully saturated rings. The first-order chi connectivity index (χ1) is 10.5. The average molecular weight is 361 g/mol. The van der Waals surface area contributed by atoms with Crippen LogP contribution in [-0.4, -0.2) is 18.4 Å². The lowest BCUT2D eigenvalue weighted by molar-refractivity contribution is -0.120. The number of amides is 2. The van der Waals surface area contributed by atoms with Crippen molar-refractivity contribution in [3.8, 4) is 0 Å². The van der Waals surface area contributed by atoms with Crippen molar-refractivity contribution in [1.82, 2.24) is 0 Å². The van der Waals surface area contributed by atoms with Crippen molar-refractivity contribution in [2.45, 2.75) is 13.8 Å². The van der Waals surface area contributed by atoms with E-state index in [1.54, 1.807) is 12.1 Å². The van der Waals surface area contributed by atoms with Crippen LogP contribution in [0.1, 0.15) is 12.5 Å². The highest BCUT2D eigenvalue weighted by molar-refractivity contribution is 9.10. The van der Waals surface area contributed by atoms with Gasteiger partial charge in [0.25, 0.3) is 0 Å². The third-order valence-corrected chi connectivity index (χ3v) is 3.68. The quantitative estimate of drug-likeness (QED) is 0.902. The summed E-state index contributed by atoms with van der Waals surface area (Å²) in [6.45, 7) is 3.41. The predicted molar refractivity (Wildman–Crippen MR) is 92.0 cm³/mol. The van der Waals surface area contributed by atoms with Gasteiger partial charge in [-0.3, -0.25) is 9.59 Å². The first kappa shape index (κ1) is 16.2. The fraction of sp³-hybridized carbons (Fsp3) is 0.176. The molecule has 0 saturated carbocycles. The van der Waals surface area contributed by atoms with Gasteiger partial charge in [0.15, 0.2) is 0 Å². The third kappa shape index (κ3) is 4.43. The number of hydrogen-bond acceptors (Lipinski definition) is 2. The van der Waals surface area contributed by atoms with Crippen molar-refractivity contribution in [1.29, 1.82) is 0 Å². The van der Waals surface area contributed by atoms with Crippen LogP contribution in [0.15, 0.2) is 53.0 Å². The summed E-state index contributed by atoms with van der Waals surface area (Å²) in [5.41, 5.74) is 2.51. The summed E-state index contributed by atoms with van der Waals surface area (Å²) in [6.07, 6.45) is 0. The lowest BCUT2D eigenvalue weighted by atomic mass is 10.2.